The summed E-state index contributed by atoms with van der Waals surface area (Å²) in [5, 5.41) is 0. The van der Waals surface area contributed by atoms with Gasteiger partial charge in [-0.1, -0.05) is 24.3 Å². The van der Waals surface area contributed by atoms with E-state index in [4.69, 9.17) is 10.3 Å². The van der Waals surface area contributed by atoms with Crippen LogP contribution in [0.4, 0.5) is 0 Å². The predicted octanol–water partition coefficient (Wildman–Crippen LogP) is 1.84. The SMILES string of the molecule is C=CCC(=[N+]=[N-])C(=O)Oc1ccccc1. The Morgan fingerprint density at radius 3 is 2.67 bits per heavy atom. The maximum atomic E-state index is 11.4. The van der Waals surface area contributed by atoms with Gasteiger partial charge in [-0.2, -0.15) is 4.79 Å². The average molecular weight is 202 g/mol. The number of ether oxygens (including phenoxy) is 1. The fourth-order valence-electron chi connectivity index (χ4n) is 0.956. The molecule has 1 aromatic carbocycles. The maximum absolute atomic E-state index is 11.4. The number of nitrogens with zero attached hydrogens (tertiary/aromatic N) is 2. The van der Waals surface area contributed by atoms with Gasteiger partial charge in [-0.05, 0) is 12.1 Å². The largest absolute Gasteiger partial charge is 0.422 e. The first-order valence-electron chi connectivity index (χ1n) is 4.37. The van der Waals surface area contributed by atoms with Crippen LogP contribution in [-0.4, -0.2) is 16.5 Å². The van der Waals surface area contributed by atoms with E-state index in [1.807, 2.05) is 6.07 Å². The van der Waals surface area contributed by atoms with Crippen molar-refractivity contribution < 1.29 is 14.3 Å². The highest BCUT2D eigenvalue weighted by atomic mass is 16.5. The van der Waals surface area contributed by atoms with Gasteiger partial charge in [-0.3, -0.25) is 0 Å². The smallest absolute Gasteiger partial charge is 0.418 e. The van der Waals surface area contributed by atoms with Crippen LogP contribution in [0.25, 0.3) is 5.53 Å². The molecular formula is C11H10N2O2. The summed E-state index contributed by atoms with van der Waals surface area (Å²) in [5.41, 5.74) is 8.47. The summed E-state index contributed by atoms with van der Waals surface area (Å²) in [7, 11) is 0. The first-order valence-corrected chi connectivity index (χ1v) is 4.37. The normalized spacial score (nSPS) is 8.80. The van der Waals surface area contributed by atoms with Gasteiger partial charge in [-0.15, -0.1) is 6.58 Å². The molecule has 0 spiro atoms. The van der Waals surface area contributed by atoms with Crippen LogP contribution in [0.3, 0.4) is 0 Å². The summed E-state index contributed by atoms with van der Waals surface area (Å²) in [5.74, 6) is -0.267. The van der Waals surface area contributed by atoms with Crippen molar-refractivity contribution in [3.8, 4) is 5.75 Å². The third-order valence-corrected chi connectivity index (χ3v) is 1.65. The molecule has 0 bridgehead atoms. The standard InChI is InChI=1S/C11H10N2O2/c1-2-6-10(13-12)11(14)15-9-7-4-3-5-8-9/h2-5,7-8H,1,6H2. The molecular weight excluding hydrogens is 192 g/mol. The molecule has 0 amide bonds. The van der Waals surface area contributed by atoms with Gasteiger partial charge in [0, 0.05) is 0 Å². The molecule has 1 aromatic rings. The van der Waals surface area contributed by atoms with Crippen LogP contribution in [0.15, 0.2) is 43.0 Å². The molecule has 0 heterocycles. The molecule has 0 aliphatic rings. The maximum Gasteiger partial charge on any atom is 0.422 e. The minimum absolute atomic E-state index is 0.0751. The van der Waals surface area contributed by atoms with Crippen LogP contribution in [0.2, 0.25) is 0 Å². The zero-order chi connectivity index (χ0) is 11.1. The van der Waals surface area contributed by atoms with E-state index in [-0.39, 0.29) is 12.1 Å². The number of carbonyl (C=O) groups excluding carboxylic acids is 1. The van der Waals surface area contributed by atoms with Crippen LogP contribution >= 0.6 is 0 Å². The van der Waals surface area contributed by atoms with E-state index in [0.717, 1.165) is 0 Å². The molecule has 0 fully saturated rings. The van der Waals surface area contributed by atoms with Gasteiger partial charge in [0.2, 0.25) is 0 Å². The van der Waals surface area contributed by atoms with Crippen LogP contribution in [0.5, 0.6) is 5.75 Å². The van der Waals surface area contributed by atoms with Crippen LogP contribution in [0, 0.1) is 0 Å². The molecule has 4 heteroatoms. The molecule has 0 aliphatic carbocycles. The fourth-order valence-corrected chi connectivity index (χ4v) is 0.956. The minimum atomic E-state index is -0.677. The fraction of sp³-hybridized carbons (Fsp3) is 0.0909. The van der Waals surface area contributed by atoms with Gasteiger partial charge in [-0.25, -0.2) is 4.79 Å². The average Bonchev–Trinajstić information content (AvgIpc) is 2.27. The molecule has 1 rings (SSSR count). The highest BCUT2D eigenvalue weighted by Crippen LogP contribution is 2.08. The minimum Gasteiger partial charge on any atom is -0.418 e. The van der Waals surface area contributed by atoms with E-state index in [1.54, 1.807) is 24.3 Å². The lowest BCUT2D eigenvalue weighted by atomic mass is 10.2. The van der Waals surface area contributed by atoms with Crippen molar-refractivity contribution in [3.05, 3.63) is 48.5 Å². The Balaban J connectivity index is 2.71. The Morgan fingerprint density at radius 2 is 2.13 bits per heavy atom. The van der Waals surface area contributed by atoms with Crippen LogP contribution in [-0.2, 0) is 4.79 Å². The van der Waals surface area contributed by atoms with E-state index in [1.165, 1.54) is 6.08 Å². The first-order chi connectivity index (χ1) is 7.27. The summed E-state index contributed by atoms with van der Waals surface area (Å²) in [6.07, 6.45) is 1.63. The van der Waals surface area contributed by atoms with Gasteiger partial charge in [0.1, 0.15) is 5.75 Å². The lowest BCUT2D eigenvalue weighted by Gasteiger charge is -1.99. The van der Waals surface area contributed by atoms with Crippen molar-refractivity contribution in [3.63, 3.8) is 0 Å². The molecule has 0 saturated carbocycles. The topological polar surface area (TPSA) is 62.7 Å². The monoisotopic (exact) mass is 202 g/mol. The van der Waals surface area contributed by atoms with Crippen molar-refractivity contribution >= 4 is 11.7 Å². The number of allylic oxidation sites excluding steroid dienone is 1. The van der Waals surface area contributed by atoms with Crippen molar-refractivity contribution in [1.29, 1.82) is 0 Å². The number of hydrogen-bond donors (Lipinski definition) is 0. The van der Waals surface area contributed by atoms with Crippen LogP contribution < -0.4 is 4.74 Å². The molecule has 0 saturated heterocycles. The Labute approximate surface area is 87.4 Å². The van der Waals surface area contributed by atoms with Crippen LogP contribution in [0.1, 0.15) is 6.42 Å². The molecule has 0 aromatic heterocycles. The van der Waals surface area contributed by atoms with E-state index < -0.39 is 5.97 Å². The molecule has 0 N–H and O–H groups in total. The van der Waals surface area contributed by atoms with Gasteiger partial charge in [0.25, 0.3) is 0 Å². The Kier molecular flexibility index (Phi) is 4.01. The van der Waals surface area contributed by atoms with Gasteiger partial charge < -0.3 is 10.3 Å². The molecule has 0 unspecified atom stereocenters. The Bertz CT molecular complexity index is 406. The van der Waals surface area contributed by atoms with Gasteiger partial charge in [0.05, 0.1) is 6.42 Å². The second kappa shape index (κ2) is 5.52. The molecule has 0 atom stereocenters. The van der Waals surface area contributed by atoms with E-state index >= 15 is 0 Å². The molecule has 76 valence electrons. The van der Waals surface area contributed by atoms with Crippen molar-refractivity contribution in [2.45, 2.75) is 6.42 Å². The number of esters is 1. The zero-order valence-corrected chi connectivity index (χ0v) is 8.09. The van der Waals surface area contributed by atoms with Gasteiger partial charge >= 0.3 is 11.7 Å². The van der Waals surface area contributed by atoms with Crippen molar-refractivity contribution in [2.24, 2.45) is 0 Å². The van der Waals surface area contributed by atoms with Crippen molar-refractivity contribution in [1.82, 2.24) is 0 Å². The summed E-state index contributed by atoms with van der Waals surface area (Å²) in [6, 6.07) is 8.57. The van der Waals surface area contributed by atoms with Gasteiger partial charge in [0.15, 0.2) is 0 Å². The van der Waals surface area contributed by atoms with E-state index in [9.17, 15) is 4.79 Å². The van der Waals surface area contributed by atoms with E-state index in [0.29, 0.717) is 5.75 Å². The number of benzene rings is 1. The number of para-hydroxylation sites is 1. The molecule has 0 radical (unpaired) electrons. The van der Waals surface area contributed by atoms with Crippen molar-refractivity contribution in [2.75, 3.05) is 0 Å². The zero-order valence-electron chi connectivity index (χ0n) is 8.09. The number of carbonyl (C=O) groups is 1. The third-order valence-electron chi connectivity index (χ3n) is 1.65. The van der Waals surface area contributed by atoms with E-state index in [2.05, 4.69) is 11.4 Å². The third kappa shape index (κ3) is 3.21. The number of rotatable bonds is 4. The second-order valence-corrected chi connectivity index (χ2v) is 2.74. The highest BCUT2D eigenvalue weighted by molar-refractivity contribution is 6.34. The quantitative estimate of drug-likeness (QED) is 0.187. The first kappa shape index (κ1) is 10.9. The Hall–Kier alpha value is -2.19. The summed E-state index contributed by atoms with van der Waals surface area (Å²) in [6.45, 7) is 3.44. The summed E-state index contributed by atoms with van der Waals surface area (Å²) >= 11 is 0. The second-order valence-electron chi connectivity index (χ2n) is 2.74. The lowest BCUT2D eigenvalue weighted by Crippen LogP contribution is -2.20. The summed E-state index contributed by atoms with van der Waals surface area (Å²) < 4.78 is 4.94. The molecule has 4 nitrogen and oxygen atoms in total. The number of hydrogen-bond acceptors (Lipinski definition) is 2. The lowest BCUT2D eigenvalue weighted by molar-refractivity contribution is -0.131. The predicted molar refractivity (Wildman–Crippen MR) is 55.5 cm³/mol. The molecule has 15 heavy (non-hydrogen) atoms. The Morgan fingerprint density at radius 1 is 1.47 bits per heavy atom. The molecule has 0 aliphatic heterocycles. The highest BCUT2D eigenvalue weighted by Gasteiger charge is 2.20. The summed E-state index contributed by atoms with van der Waals surface area (Å²) in [4.78, 5) is 14.2.